The number of hydrogen-bond acceptors (Lipinski definition) is 5. The van der Waals surface area contributed by atoms with E-state index in [2.05, 4.69) is 0 Å². The second-order valence-electron chi connectivity index (χ2n) is 7.61. The molecule has 0 aliphatic carbocycles. The number of carbonyl (C=O) groups excluding carboxylic acids is 2. The van der Waals surface area contributed by atoms with E-state index >= 15 is 0 Å². The maximum absolute atomic E-state index is 12.9. The lowest BCUT2D eigenvalue weighted by atomic mass is 9.88. The minimum absolute atomic E-state index is 0.0215. The zero-order valence-corrected chi connectivity index (χ0v) is 16.4. The van der Waals surface area contributed by atoms with Crippen LogP contribution in [0.3, 0.4) is 0 Å². The molecule has 0 spiro atoms. The van der Waals surface area contributed by atoms with Gasteiger partial charge < -0.3 is 24.0 Å². The minimum Gasteiger partial charge on any atom is -0.497 e. The van der Waals surface area contributed by atoms with Gasteiger partial charge in [0.25, 0.3) is 0 Å². The zero-order chi connectivity index (χ0) is 19.6. The van der Waals surface area contributed by atoms with E-state index in [9.17, 15) is 9.59 Å². The second-order valence-corrected chi connectivity index (χ2v) is 7.61. The van der Waals surface area contributed by atoms with Crippen LogP contribution in [0.25, 0.3) is 0 Å². The summed E-state index contributed by atoms with van der Waals surface area (Å²) in [6, 6.07) is 5.46. The third kappa shape index (κ3) is 4.12. The number of amides is 2. The Balaban J connectivity index is 1.96. The number of hydrogen-bond donors (Lipinski definition) is 0. The second kappa shape index (κ2) is 8.06. The van der Waals surface area contributed by atoms with Gasteiger partial charge in [0.1, 0.15) is 11.5 Å². The van der Waals surface area contributed by atoms with Crippen molar-refractivity contribution in [3.63, 3.8) is 0 Å². The van der Waals surface area contributed by atoms with E-state index in [1.807, 2.05) is 32.0 Å². The summed E-state index contributed by atoms with van der Waals surface area (Å²) in [4.78, 5) is 28.6. The summed E-state index contributed by atoms with van der Waals surface area (Å²) >= 11 is 0. The molecule has 1 aromatic carbocycles. The maximum atomic E-state index is 12.9. The molecule has 0 saturated carbocycles. The van der Waals surface area contributed by atoms with Crippen LogP contribution in [0.2, 0.25) is 0 Å². The van der Waals surface area contributed by atoms with Crippen molar-refractivity contribution in [1.29, 1.82) is 0 Å². The van der Waals surface area contributed by atoms with Crippen LogP contribution in [-0.2, 0) is 9.53 Å². The average molecular weight is 376 g/mol. The van der Waals surface area contributed by atoms with E-state index in [0.717, 1.165) is 5.56 Å². The minimum atomic E-state index is -0.375. The average Bonchev–Trinajstić information content (AvgIpc) is 2.65. The van der Waals surface area contributed by atoms with Gasteiger partial charge in [-0.05, 0) is 18.1 Å². The van der Waals surface area contributed by atoms with Gasteiger partial charge in [0.15, 0.2) is 0 Å². The highest BCUT2D eigenvalue weighted by molar-refractivity contribution is 5.77. The zero-order valence-electron chi connectivity index (χ0n) is 16.4. The molecule has 0 bridgehead atoms. The summed E-state index contributed by atoms with van der Waals surface area (Å²) in [6.07, 6.45) is -0.0947. The lowest BCUT2D eigenvalue weighted by Crippen LogP contribution is -2.50. The molecule has 27 heavy (non-hydrogen) atoms. The first-order chi connectivity index (χ1) is 12.9. The predicted molar refractivity (Wildman–Crippen MR) is 99.9 cm³/mol. The Labute approximate surface area is 160 Å². The molecule has 2 atom stereocenters. The van der Waals surface area contributed by atoms with Crippen LogP contribution in [0.4, 0.5) is 4.79 Å². The third-order valence-corrected chi connectivity index (χ3v) is 5.05. The maximum Gasteiger partial charge on any atom is 0.410 e. The summed E-state index contributed by atoms with van der Waals surface area (Å²) in [7, 11) is 3.41. The normalized spacial score (nSPS) is 22.3. The van der Waals surface area contributed by atoms with E-state index in [0.29, 0.717) is 37.8 Å². The molecule has 2 amide bonds. The monoisotopic (exact) mass is 376 g/mol. The van der Waals surface area contributed by atoms with Crippen LogP contribution >= 0.6 is 0 Å². The summed E-state index contributed by atoms with van der Waals surface area (Å²) in [5.74, 6) is 1.67. The lowest BCUT2D eigenvalue weighted by Gasteiger charge is -2.43. The van der Waals surface area contributed by atoms with Crippen molar-refractivity contribution in [1.82, 2.24) is 9.80 Å². The Morgan fingerprint density at radius 2 is 2.15 bits per heavy atom. The predicted octanol–water partition coefficient (Wildman–Crippen LogP) is 2.70. The molecule has 1 aromatic rings. The quantitative estimate of drug-likeness (QED) is 0.811. The molecule has 0 N–H and O–H groups in total. The highest BCUT2D eigenvalue weighted by Gasteiger charge is 2.41. The van der Waals surface area contributed by atoms with Gasteiger partial charge in [-0.25, -0.2) is 4.79 Å². The number of nitrogens with zero attached hydrogens (tertiary/aromatic N) is 2. The van der Waals surface area contributed by atoms with Crippen LogP contribution in [0.5, 0.6) is 11.5 Å². The number of carbonyl (C=O) groups is 2. The smallest absolute Gasteiger partial charge is 0.410 e. The van der Waals surface area contributed by atoms with E-state index in [4.69, 9.17) is 14.2 Å². The first kappa shape index (κ1) is 19.3. The molecule has 2 aliphatic heterocycles. The van der Waals surface area contributed by atoms with E-state index in [1.54, 1.807) is 24.0 Å². The van der Waals surface area contributed by atoms with Crippen LogP contribution in [0.15, 0.2) is 18.2 Å². The van der Waals surface area contributed by atoms with Gasteiger partial charge in [-0.1, -0.05) is 13.8 Å². The van der Waals surface area contributed by atoms with Crippen LogP contribution in [0.1, 0.15) is 31.9 Å². The molecule has 0 radical (unpaired) electrons. The summed E-state index contributed by atoms with van der Waals surface area (Å²) in [5.41, 5.74) is 0.927. The Hall–Kier alpha value is -2.44. The van der Waals surface area contributed by atoms with Crippen molar-refractivity contribution in [3.05, 3.63) is 23.8 Å². The summed E-state index contributed by atoms with van der Waals surface area (Å²) in [6.45, 7) is 5.63. The van der Waals surface area contributed by atoms with Gasteiger partial charge in [-0.2, -0.15) is 0 Å². The fourth-order valence-corrected chi connectivity index (χ4v) is 3.65. The highest BCUT2D eigenvalue weighted by Crippen LogP contribution is 2.42. The molecule has 0 aromatic heterocycles. The molecule has 148 valence electrons. The molecule has 0 unspecified atom stereocenters. The van der Waals surface area contributed by atoms with Gasteiger partial charge in [0.2, 0.25) is 5.91 Å². The van der Waals surface area contributed by atoms with Gasteiger partial charge in [0, 0.05) is 44.1 Å². The molecule has 1 saturated heterocycles. The SMILES string of the molecule is COc1ccc2c(c1)OC[C@@H]1CN(C)C(=O)CCN(C(=O)OCC(C)C)[C@H]21. The molecule has 2 aliphatic rings. The van der Waals surface area contributed by atoms with Gasteiger partial charge in [0.05, 0.1) is 26.4 Å². The van der Waals surface area contributed by atoms with Crippen molar-refractivity contribution >= 4 is 12.0 Å². The summed E-state index contributed by atoms with van der Waals surface area (Å²) in [5, 5.41) is 0. The van der Waals surface area contributed by atoms with Crippen LogP contribution < -0.4 is 9.47 Å². The fourth-order valence-electron chi connectivity index (χ4n) is 3.65. The molecule has 2 heterocycles. The van der Waals surface area contributed by atoms with E-state index in [-0.39, 0.29) is 36.3 Å². The number of rotatable bonds is 3. The Morgan fingerprint density at radius 3 is 2.85 bits per heavy atom. The van der Waals surface area contributed by atoms with E-state index < -0.39 is 0 Å². The molecule has 1 fully saturated rings. The molecular formula is C20H28N2O5. The summed E-state index contributed by atoms with van der Waals surface area (Å²) < 4.78 is 16.7. The van der Waals surface area contributed by atoms with Crippen LogP contribution in [-0.4, -0.2) is 62.3 Å². The molecular weight excluding hydrogens is 348 g/mol. The molecule has 7 nitrogen and oxygen atoms in total. The van der Waals surface area contributed by atoms with Crippen molar-refractivity contribution in [2.24, 2.45) is 11.8 Å². The number of benzene rings is 1. The fraction of sp³-hybridized carbons (Fsp3) is 0.600. The number of ether oxygens (including phenoxy) is 3. The van der Waals surface area contributed by atoms with Crippen molar-refractivity contribution in [2.45, 2.75) is 26.3 Å². The lowest BCUT2D eigenvalue weighted by molar-refractivity contribution is -0.133. The standard InChI is InChI=1S/C20H28N2O5/c1-13(2)11-27-20(24)22-8-7-18(23)21(3)10-14-12-26-17-9-15(25-4)5-6-16(17)19(14)22/h5-6,9,13-14,19H,7-8,10-12H2,1-4H3/t14-,19-/m0/s1. The van der Waals surface area contributed by atoms with Crippen molar-refractivity contribution < 1.29 is 23.8 Å². The van der Waals surface area contributed by atoms with E-state index in [1.165, 1.54) is 0 Å². The van der Waals surface area contributed by atoms with Crippen LogP contribution in [0, 0.1) is 11.8 Å². The Morgan fingerprint density at radius 1 is 1.37 bits per heavy atom. The Bertz CT molecular complexity index is 706. The highest BCUT2D eigenvalue weighted by atomic mass is 16.6. The Kier molecular flexibility index (Phi) is 5.77. The largest absolute Gasteiger partial charge is 0.497 e. The van der Waals surface area contributed by atoms with Gasteiger partial charge in [-0.15, -0.1) is 0 Å². The third-order valence-electron chi connectivity index (χ3n) is 5.05. The first-order valence-electron chi connectivity index (χ1n) is 9.38. The van der Waals surface area contributed by atoms with Crippen molar-refractivity contribution in [3.8, 4) is 11.5 Å². The van der Waals surface area contributed by atoms with Gasteiger partial charge >= 0.3 is 6.09 Å². The first-order valence-corrected chi connectivity index (χ1v) is 9.38. The molecule has 7 heteroatoms. The topological polar surface area (TPSA) is 68.3 Å². The number of fused-ring (bicyclic) bond motifs is 3. The van der Waals surface area contributed by atoms with Gasteiger partial charge in [-0.3, -0.25) is 4.79 Å². The van der Waals surface area contributed by atoms with Crippen molar-refractivity contribution in [2.75, 3.05) is 40.5 Å². The molecule has 3 rings (SSSR count). The number of methoxy groups -OCH3 is 1.